The van der Waals surface area contributed by atoms with Crippen LogP contribution in [0.4, 0.5) is 0 Å². The lowest BCUT2D eigenvalue weighted by molar-refractivity contribution is 0.741. The highest BCUT2D eigenvalue weighted by Crippen LogP contribution is 2.31. The van der Waals surface area contributed by atoms with Crippen molar-refractivity contribution in [3.05, 3.63) is 0 Å². The van der Waals surface area contributed by atoms with Crippen molar-refractivity contribution < 1.29 is 0 Å². The van der Waals surface area contributed by atoms with Gasteiger partial charge in [0, 0.05) is 4.75 Å². The fourth-order valence-corrected chi connectivity index (χ4v) is 1.82. The van der Waals surface area contributed by atoms with Crippen LogP contribution in [0.1, 0.15) is 20.8 Å². The molecule has 0 aromatic carbocycles. The van der Waals surface area contributed by atoms with Crippen LogP contribution >= 0.6 is 11.8 Å². The Hall–Kier alpha value is 0.0200. The minimum absolute atomic E-state index is 0.379. The molecule has 1 rings (SSSR count). The van der Waals surface area contributed by atoms with Gasteiger partial charge < -0.3 is 0 Å². The zero-order valence-corrected chi connectivity index (χ0v) is 6.38. The van der Waals surface area contributed by atoms with E-state index in [9.17, 15) is 0 Å². The lowest BCUT2D eigenvalue weighted by atomic mass is 10.2. The molecule has 1 aliphatic rings. The van der Waals surface area contributed by atoms with Crippen LogP contribution in [0, 0.1) is 0 Å². The van der Waals surface area contributed by atoms with Crippen LogP contribution in [0.2, 0.25) is 0 Å². The Kier molecular flexibility index (Phi) is 1.35. The minimum atomic E-state index is 0.379. The van der Waals surface area contributed by atoms with Crippen LogP contribution < -0.4 is 0 Å². The highest BCUT2D eigenvalue weighted by atomic mass is 32.2. The molecule has 0 amide bonds. The van der Waals surface area contributed by atoms with E-state index < -0.39 is 0 Å². The second-order valence-electron chi connectivity index (χ2n) is 2.70. The first-order chi connectivity index (χ1) is 3.60. The van der Waals surface area contributed by atoms with Crippen molar-refractivity contribution in [1.82, 2.24) is 0 Å². The van der Waals surface area contributed by atoms with Gasteiger partial charge in [0.1, 0.15) is 0 Å². The molecule has 0 saturated carbocycles. The molecule has 1 heterocycles. The first-order valence-corrected chi connectivity index (χ1v) is 3.62. The highest BCUT2D eigenvalue weighted by molar-refractivity contribution is 8.15. The number of rotatable bonds is 0. The van der Waals surface area contributed by atoms with Gasteiger partial charge in [-0.25, -0.2) is 0 Å². The van der Waals surface area contributed by atoms with Gasteiger partial charge in [-0.2, -0.15) is 0 Å². The molecule has 0 aliphatic carbocycles. The van der Waals surface area contributed by atoms with Gasteiger partial charge >= 0.3 is 0 Å². The first-order valence-electron chi connectivity index (χ1n) is 2.80. The van der Waals surface area contributed by atoms with Gasteiger partial charge in [-0.15, -0.1) is 11.8 Å². The van der Waals surface area contributed by atoms with Gasteiger partial charge in [0.05, 0.1) is 11.6 Å². The molecule has 1 nitrogen and oxygen atoms in total. The number of hydrogen-bond donors (Lipinski definition) is 0. The van der Waals surface area contributed by atoms with Crippen LogP contribution in [0.15, 0.2) is 4.99 Å². The van der Waals surface area contributed by atoms with E-state index in [0.29, 0.717) is 4.75 Å². The van der Waals surface area contributed by atoms with Crippen molar-refractivity contribution in [3.8, 4) is 0 Å². The third-order valence-corrected chi connectivity index (χ3v) is 2.21. The Morgan fingerprint density at radius 1 is 1.62 bits per heavy atom. The summed E-state index contributed by atoms with van der Waals surface area (Å²) in [6.07, 6.45) is 0. The van der Waals surface area contributed by atoms with E-state index in [1.165, 1.54) is 5.04 Å². The largest absolute Gasteiger partial charge is 0.282 e. The Balaban J connectivity index is 2.55. The SMILES string of the molecule is CC1=NCC(C)(C)S1. The van der Waals surface area contributed by atoms with Crippen molar-refractivity contribution in [1.29, 1.82) is 0 Å². The van der Waals surface area contributed by atoms with Gasteiger partial charge in [-0.1, -0.05) is 0 Å². The highest BCUT2D eigenvalue weighted by Gasteiger charge is 2.23. The normalized spacial score (nSPS) is 25.6. The van der Waals surface area contributed by atoms with Crippen LogP contribution in [0.5, 0.6) is 0 Å². The molecule has 0 aromatic heterocycles. The molecular weight excluding hydrogens is 118 g/mol. The summed E-state index contributed by atoms with van der Waals surface area (Å²) in [6, 6.07) is 0. The monoisotopic (exact) mass is 129 g/mol. The first kappa shape index (κ1) is 6.14. The fourth-order valence-electron chi connectivity index (χ4n) is 0.766. The summed E-state index contributed by atoms with van der Waals surface area (Å²) in [5.74, 6) is 0. The molecule has 1 aliphatic heterocycles. The van der Waals surface area contributed by atoms with E-state index in [0.717, 1.165) is 6.54 Å². The molecule has 0 radical (unpaired) electrons. The predicted octanol–water partition coefficient (Wildman–Crippen LogP) is 1.93. The van der Waals surface area contributed by atoms with E-state index in [4.69, 9.17) is 0 Å². The average molecular weight is 129 g/mol. The van der Waals surface area contributed by atoms with Crippen molar-refractivity contribution in [2.75, 3.05) is 6.54 Å². The molecule has 0 atom stereocenters. The lowest BCUT2D eigenvalue weighted by Crippen LogP contribution is -2.14. The Morgan fingerprint density at radius 2 is 2.25 bits per heavy atom. The molecule has 0 N–H and O–H groups in total. The van der Waals surface area contributed by atoms with Gasteiger partial charge in [0.2, 0.25) is 0 Å². The van der Waals surface area contributed by atoms with E-state index in [-0.39, 0.29) is 0 Å². The Labute approximate surface area is 54.6 Å². The maximum absolute atomic E-state index is 4.27. The molecule has 8 heavy (non-hydrogen) atoms. The summed E-state index contributed by atoms with van der Waals surface area (Å²) in [5, 5.41) is 1.23. The summed E-state index contributed by atoms with van der Waals surface area (Å²) in [7, 11) is 0. The number of aliphatic imine (C=N–C) groups is 1. The van der Waals surface area contributed by atoms with Crippen LogP contribution in [-0.2, 0) is 0 Å². The molecule has 0 unspecified atom stereocenters. The minimum Gasteiger partial charge on any atom is -0.282 e. The average Bonchev–Trinajstić information content (AvgIpc) is 1.82. The summed E-state index contributed by atoms with van der Waals surface area (Å²) in [5.41, 5.74) is 0. The zero-order valence-electron chi connectivity index (χ0n) is 5.56. The molecule has 0 fully saturated rings. The zero-order chi connectivity index (χ0) is 6.20. The Morgan fingerprint density at radius 3 is 2.38 bits per heavy atom. The summed E-state index contributed by atoms with van der Waals surface area (Å²) < 4.78 is 0.379. The van der Waals surface area contributed by atoms with Crippen molar-refractivity contribution >= 4 is 16.8 Å². The molecule has 0 saturated heterocycles. The third-order valence-electron chi connectivity index (χ3n) is 1.11. The third kappa shape index (κ3) is 1.25. The summed E-state index contributed by atoms with van der Waals surface area (Å²) in [6.45, 7) is 7.50. The van der Waals surface area contributed by atoms with Crippen LogP contribution in [-0.4, -0.2) is 16.3 Å². The molecule has 0 spiro atoms. The van der Waals surface area contributed by atoms with Crippen molar-refractivity contribution in [2.24, 2.45) is 4.99 Å². The van der Waals surface area contributed by atoms with Crippen molar-refractivity contribution in [2.45, 2.75) is 25.5 Å². The Bertz CT molecular complexity index is 126. The van der Waals surface area contributed by atoms with Gasteiger partial charge in [0.25, 0.3) is 0 Å². The molecule has 0 aromatic rings. The van der Waals surface area contributed by atoms with E-state index >= 15 is 0 Å². The number of hydrogen-bond acceptors (Lipinski definition) is 2. The maximum Gasteiger partial charge on any atom is 0.0651 e. The van der Waals surface area contributed by atoms with Crippen LogP contribution in [0.3, 0.4) is 0 Å². The molecule has 46 valence electrons. The fraction of sp³-hybridized carbons (Fsp3) is 0.833. The van der Waals surface area contributed by atoms with Gasteiger partial charge in [0.15, 0.2) is 0 Å². The second kappa shape index (κ2) is 1.76. The second-order valence-corrected chi connectivity index (χ2v) is 4.60. The summed E-state index contributed by atoms with van der Waals surface area (Å²) in [4.78, 5) is 4.27. The van der Waals surface area contributed by atoms with Gasteiger partial charge in [-0.3, -0.25) is 4.99 Å². The maximum atomic E-state index is 4.27. The molecule has 0 bridgehead atoms. The number of thioether (sulfide) groups is 1. The molecule has 2 heteroatoms. The number of nitrogens with zero attached hydrogens (tertiary/aromatic N) is 1. The standard InChI is InChI=1S/C6H11NS/c1-5-7-4-6(2,3)8-5/h4H2,1-3H3. The lowest BCUT2D eigenvalue weighted by Gasteiger charge is -2.12. The smallest absolute Gasteiger partial charge is 0.0651 e. The quantitative estimate of drug-likeness (QED) is 0.487. The van der Waals surface area contributed by atoms with E-state index in [1.807, 2.05) is 11.8 Å². The predicted molar refractivity (Wildman–Crippen MR) is 39.6 cm³/mol. The van der Waals surface area contributed by atoms with Crippen molar-refractivity contribution in [3.63, 3.8) is 0 Å². The van der Waals surface area contributed by atoms with E-state index in [2.05, 4.69) is 25.8 Å². The topological polar surface area (TPSA) is 12.4 Å². The van der Waals surface area contributed by atoms with Crippen LogP contribution in [0.25, 0.3) is 0 Å². The summed E-state index contributed by atoms with van der Waals surface area (Å²) >= 11 is 1.87. The molecular formula is C6H11NS. The van der Waals surface area contributed by atoms with Gasteiger partial charge in [-0.05, 0) is 20.8 Å². The van der Waals surface area contributed by atoms with E-state index in [1.54, 1.807) is 0 Å².